The van der Waals surface area contributed by atoms with Gasteiger partial charge in [0.2, 0.25) is 21.8 Å². The highest BCUT2D eigenvalue weighted by atomic mass is 32.2. The number of nitrogens with one attached hydrogen (secondary N) is 2. The second-order valence-electron chi connectivity index (χ2n) is 8.82. The summed E-state index contributed by atoms with van der Waals surface area (Å²) < 4.78 is 28.9. The average Bonchev–Trinajstić information content (AvgIpc) is 3.12. The summed E-state index contributed by atoms with van der Waals surface area (Å²) >= 11 is 0. The van der Waals surface area contributed by atoms with E-state index in [-0.39, 0.29) is 16.7 Å². The van der Waals surface area contributed by atoms with Crippen LogP contribution < -0.4 is 14.9 Å². The average molecular weight is 458 g/mol. The molecule has 2 aromatic rings. The molecule has 7 nitrogen and oxygen atoms in total. The Labute approximate surface area is 190 Å². The van der Waals surface area contributed by atoms with Gasteiger partial charge >= 0.3 is 0 Å². The first-order chi connectivity index (χ1) is 15.0. The fraction of sp³-hybridized carbons (Fsp3) is 0.417. The van der Waals surface area contributed by atoms with E-state index in [1.54, 1.807) is 17.0 Å². The number of hydrogen-bond acceptors (Lipinski definition) is 4. The van der Waals surface area contributed by atoms with Crippen LogP contribution in [0.3, 0.4) is 0 Å². The Morgan fingerprint density at radius 2 is 1.81 bits per heavy atom. The Morgan fingerprint density at radius 3 is 2.44 bits per heavy atom. The lowest BCUT2D eigenvalue weighted by Crippen LogP contribution is -2.44. The van der Waals surface area contributed by atoms with Gasteiger partial charge in [-0.2, -0.15) is 4.72 Å². The first kappa shape index (κ1) is 23.9. The zero-order valence-electron chi connectivity index (χ0n) is 19.2. The normalized spacial score (nSPS) is 14.4. The summed E-state index contributed by atoms with van der Waals surface area (Å²) in [6, 6.07) is 9.51. The number of anilines is 2. The molecule has 1 atom stereocenters. The van der Waals surface area contributed by atoms with Gasteiger partial charge in [-0.25, -0.2) is 8.42 Å². The monoisotopic (exact) mass is 457 g/mol. The smallest absolute Gasteiger partial charge is 0.242 e. The number of carbonyl (C=O) groups excluding carboxylic acids is 2. The van der Waals surface area contributed by atoms with E-state index in [1.165, 1.54) is 13.0 Å². The molecule has 0 saturated carbocycles. The molecule has 8 heteroatoms. The number of aryl methyl sites for hydroxylation is 2. The maximum absolute atomic E-state index is 13.1. The molecule has 172 valence electrons. The Kier molecular flexibility index (Phi) is 7.05. The van der Waals surface area contributed by atoms with E-state index >= 15 is 0 Å². The van der Waals surface area contributed by atoms with Crippen molar-refractivity contribution in [1.29, 1.82) is 0 Å². The predicted molar refractivity (Wildman–Crippen MR) is 126 cm³/mol. The van der Waals surface area contributed by atoms with E-state index in [0.717, 1.165) is 22.4 Å². The molecule has 32 heavy (non-hydrogen) atoms. The molecule has 0 unspecified atom stereocenters. The van der Waals surface area contributed by atoms with E-state index in [9.17, 15) is 18.0 Å². The van der Waals surface area contributed by atoms with Gasteiger partial charge in [-0.15, -0.1) is 0 Å². The van der Waals surface area contributed by atoms with Crippen molar-refractivity contribution >= 4 is 33.2 Å². The maximum Gasteiger partial charge on any atom is 0.242 e. The maximum atomic E-state index is 13.1. The van der Waals surface area contributed by atoms with Crippen LogP contribution in [-0.4, -0.2) is 32.8 Å². The van der Waals surface area contributed by atoms with Crippen LogP contribution >= 0.6 is 0 Å². The van der Waals surface area contributed by atoms with Gasteiger partial charge in [-0.05, 0) is 68.0 Å². The topological polar surface area (TPSA) is 95.6 Å². The third kappa shape index (κ3) is 5.37. The van der Waals surface area contributed by atoms with Crippen LogP contribution in [0, 0.1) is 19.8 Å². The molecule has 0 aromatic heterocycles. The lowest BCUT2D eigenvalue weighted by atomic mass is 10.0. The van der Waals surface area contributed by atoms with Crippen molar-refractivity contribution < 1.29 is 18.0 Å². The molecule has 2 amide bonds. The predicted octanol–water partition coefficient (Wildman–Crippen LogP) is 3.54. The third-order valence-corrected chi connectivity index (χ3v) is 7.07. The largest absolute Gasteiger partial charge is 0.324 e. The van der Waals surface area contributed by atoms with E-state index in [2.05, 4.69) is 10.0 Å². The molecule has 3 rings (SSSR count). The molecule has 0 saturated heterocycles. The number of sulfonamides is 1. The highest BCUT2D eigenvalue weighted by Crippen LogP contribution is 2.30. The van der Waals surface area contributed by atoms with E-state index < -0.39 is 22.0 Å². The van der Waals surface area contributed by atoms with E-state index in [1.807, 2.05) is 45.9 Å². The number of carbonyl (C=O) groups is 2. The van der Waals surface area contributed by atoms with Crippen LogP contribution in [0.15, 0.2) is 41.3 Å². The van der Waals surface area contributed by atoms with Crippen molar-refractivity contribution in [2.45, 2.75) is 58.4 Å². The van der Waals surface area contributed by atoms with Crippen LogP contribution in [0.4, 0.5) is 11.4 Å². The summed E-state index contributed by atoms with van der Waals surface area (Å²) in [6.07, 6.45) is 0.958. The molecular formula is C24H31N3O4S. The summed E-state index contributed by atoms with van der Waals surface area (Å²) in [6.45, 7) is 9.79. The Bertz CT molecular complexity index is 1140. The summed E-state index contributed by atoms with van der Waals surface area (Å²) in [4.78, 5) is 26.5. The highest BCUT2D eigenvalue weighted by Gasteiger charge is 2.29. The van der Waals surface area contributed by atoms with Gasteiger partial charge in [-0.1, -0.05) is 31.5 Å². The van der Waals surface area contributed by atoms with Gasteiger partial charge in [0, 0.05) is 24.8 Å². The van der Waals surface area contributed by atoms with E-state index in [4.69, 9.17) is 0 Å². The summed E-state index contributed by atoms with van der Waals surface area (Å²) in [5.41, 5.74) is 4.21. The fourth-order valence-corrected chi connectivity index (χ4v) is 5.24. The molecule has 0 aliphatic carbocycles. The Hall–Kier alpha value is -2.71. The van der Waals surface area contributed by atoms with Gasteiger partial charge in [0.15, 0.2) is 0 Å². The first-order valence-corrected chi connectivity index (χ1v) is 12.3. The number of fused-ring (bicyclic) bond motifs is 1. The lowest BCUT2D eigenvalue weighted by molar-refractivity contribution is -0.118. The fourth-order valence-electron chi connectivity index (χ4n) is 3.98. The zero-order valence-corrected chi connectivity index (χ0v) is 20.0. The Balaban J connectivity index is 1.83. The molecule has 2 aromatic carbocycles. The van der Waals surface area contributed by atoms with Gasteiger partial charge in [0.25, 0.3) is 0 Å². The number of benzene rings is 2. The van der Waals surface area contributed by atoms with Crippen LogP contribution in [0.1, 0.15) is 43.9 Å². The van der Waals surface area contributed by atoms with Gasteiger partial charge < -0.3 is 10.2 Å². The molecule has 2 N–H and O–H groups in total. The number of nitrogens with zero attached hydrogens (tertiary/aromatic N) is 1. The molecule has 1 heterocycles. The molecule has 0 spiro atoms. The lowest BCUT2D eigenvalue weighted by Gasteiger charge is -2.21. The van der Waals surface area contributed by atoms with Gasteiger partial charge in [-0.3, -0.25) is 9.59 Å². The highest BCUT2D eigenvalue weighted by molar-refractivity contribution is 7.89. The van der Waals surface area contributed by atoms with Crippen molar-refractivity contribution in [3.05, 3.63) is 53.1 Å². The van der Waals surface area contributed by atoms with Crippen LogP contribution in [0.5, 0.6) is 0 Å². The first-order valence-electron chi connectivity index (χ1n) is 10.8. The molecule has 0 fully saturated rings. The van der Waals surface area contributed by atoms with Crippen molar-refractivity contribution in [2.24, 2.45) is 5.92 Å². The summed E-state index contributed by atoms with van der Waals surface area (Å²) in [7, 11) is -3.93. The van der Waals surface area contributed by atoms with Crippen molar-refractivity contribution in [3.8, 4) is 0 Å². The molecule has 0 radical (unpaired) electrons. The minimum absolute atomic E-state index is 0.0717. The molecular weight excluding hydrogens is 426 g/mol. The number of amides is 2. The van der Waals surface area contributed by atoms with Crippen LogP contribution in [0.2, 0.25) is 0 Å². The van der Waals surface area contributed by atoms with E-state index in [0.29, 0.717) is 25.1 Å². The van der Waals surface area contributed by atoms with Gasteiger partial charge in [0.05, 0.1) is 4.90 Å². The zero-order chi connectivity index (χ0) is 23.6. The summed E-state index contributed by atoms with van der Waals surface area (Å²) in [5, 5.41) is 2.87. The Morgan fingerprint density at radius 1 is 1.09 bits per heavy atom. The number of hydrogen-bond donors (Lipinski definition) is 2. The standard InChI is InChI=1S/C24H31N3O4S/c1-15(2)12-22(24(29)25-21-8-6-16(3)13-17(21)4)26-32(30,31)20-7-9-23-19(14-20)10-11-27(23)18(5)28/h6-9,13-15,22,26H,10-12H2,1-5H3,(H,25,29)/t22-/m0/s1. The quantitative estimate of drug-likeness (QED) is 0.665. The van der Waals surface area contributed by atoms with Crippen molar-refractivity contribution in [1.82, 2.24) is 4.72 Å². The van der Waals surface area contributed by atoms with Crippen molar-refractivity contribution in [2.75, 3.05) is 16.8 Å². The third-order valence-electron chi connectivity index (χ3n) is 5.60. The van der Waals surface area contributed by atoms with Crippen LogP contribution in [0.25, 0.3) is 0 Å². The minimum atomic E-state index is -3.93. The SMILES string of the molecule is CC(=O)N1CCc2cc(S(=O)(=O)N[C@@H](CC(C)C)C(=O)Nc3ccc(C)cc3C)ccc21. The van der Waals surface area contributed by atoms with Crippen molar-refractivity contribution in [3.63, 3.8) is 0 Å². The van der Waals surface area contributed by atoms with Gasteiger partial charge in [0.1, 0.15) is 6.04 Å². The second kappa shape index (κ2) is 9.42. The number of rotatable bonds is 7. The summed E-state index contributed by atoms with van der Waals surface area (Å²) in [5.74, 6) is -0.354. The van der Waals surface area contributed by atoms with Crippen LogP contribution in [-0.2, 0) is 26.0 Å². The molecule has 0 bridgehead atoms. The molecule has 1 aliphatic rings. The second-order valence-corrected chi connectivity index (χ2v) is 10.5. The molecule has 1 aliphatic heterocycles. The minimum Gasteiger partial charge on any atom is -0.324 e.